The molecule has 0 fully saturated rings. The average molecular weight is 2030 g/mol. The van der Waals surface area contributed by atoms with Gasteiger partial charge in [-0.15, -0.1) is 0 Å². The summed E-state index contributed by atoms with van der Waals surface area (Å²) in [5.41, 5.74) is 1.20. The Bertz CT molecular complexity index is 5790. The zero-order chi connectivity index (χ0) is 107. The summed E-state index contributed by atoms with van der Waals surface area (Å²) in [6, 6.07) is 46.7. The van der Waals surface area contributed by atoms with Gasteiger partial charge in [0.05, 0.1) is 111 Å². The van der Waals surface area contributed by atoms with Gasteiger partial charge < -0.3 is 86.2 Å². The van der Waals surface area contributed by atoms with Gasteiger partial charge in [-0.05, 0) is 310 Å². The molecule has 145 heavy (non-hydrogen) atoms. The Morgan fingerprint density at radius 2 is 0.703 bits per heavy atom. The maximum absolute atomic E-state index is 13.7. The van der Waals surface area contributed by atoms with Crippen molar-refractivity contribution in [3.05, 3.63) is 223 Å². The number of fused-ring (bicyclic) bond motifs is 12. The molecule has 8 aromatic carbocycles. The Balaban J connectivity index is 0.000000254. The molecule has 0 aliphatic carbocycles. The third kappa shape index (κ3) is 29.2. The van der Waals surface area contributed by atoms with Crippen molar-refractivity contribution in [1.29, 1.82) is 10.5 Å². The molecule has 0 saturated carbocycles. The number of nitrogens with one attached hydrogen (secondary N) is 2. The molecule has 4 aliphatic heterocycles. The van der Waals surface area contributed by atoms with Crippen LogP contribution in [-0.4, -0.2) is 169 Å². The number of aliphatic hydroxyl groups is 1. The summed E-state index contributed by atoms with van der Waals surface area (Å²) in [5.74, 6) is -0.732. The molecule has 1 atom stereocenters. The van der Waals surface area contributed by atoms with Crippen LogP contribution in [0.15, 0.2) is 146 Å². The smallest absolute Gasteiger partial charge is 0.340 e. The molecule has 4 aliphatic rings. The SMILES string of the molecule is CC(C)N(C(C)C)P(OCCC#N)N(C(C)C)C(C)C.CCc1cc(CO)cc(OCCOCCNC(=O)c2ccc3c(c2)C2(OC3=O)c3ccc(OC(=O)C(C)(C)C)cc3Oc3cc(OC(=O)C(C)(C)C)ccc32)c1.CCc1cc(COP(OCCC#N)N(C(C)C)C(C)C)cc(OCCOCCNC(=O)c2ccc3c(c2)C2(OC3=O)c3ccc(OC(=O)C(C)(C)C)cc3Oc3cc(OC(=O)C(C)(C)C)ccc32)c1. The summed E-state index contributed by atoms with van der Waals surface area (Å²) in [4.78, 5) is 106. The van der Waals surface area contributed by atoms with Crippen molar-refractivity contribution in [2.24, 2.45) is 21.7 Å². The van der Waals surface area contributed by atoms with Gasteiger partial charge in [-0.1, -0.05) is 26.0 Å². The van der Waals surface area contributed by atoms with Gasteiger partial charge in [0.15, 0.2) is 19.7 Å². The van der Waals surface area contributed by atoms with E-state index in [1.165, 1.54) is 0 Å². The maximum atomic E-state index is 13.7. The predicted octanol–water partition coefficient (Wildman–Crippen LogP) is 21.8. The molecule has 1 unspecified atom stereocenters. The van der Waals surface area contributed by atoms with Gasteiger partial charge >= 0.3 is 35.8 Å². The lowest BCUT2D eigenvalue weighted by Gasteiger charge is -2.45. The fraction of sp³-hybridized carbons (Fsp3) is 0.482. The monoisotopic (exact) mass is 2030 g/mol. The molecule has 0 saturated heterocycles. The molecule has 4 heterocycles. The van der Waals surface area contributed by atoms with Crippen molar-refractivity contribution in [3.63, 3.8) is 0 Å². The van der Waals surface area contributed by atoms with Crippen molar-refractivity contribution >= 4 is 64.6 Å². The van der Waals surface area contributed by atoms with Crippen molar-refractivity contribution < 1.29 is 114 Å². The van der Waals surface area contributed by atoms with Crippen LogP contribution in [0.1, 0.15) is 290 Å². The summed E-state index contributed by atoms with van der Waals surface area (Å²) in [6.45, 7) is 54.1. The standard InChI is InChI=1S/C53H64N3O12P.C44H47NO11.C15H32N3OP/c1-12-35-26-36(32-64-69(63-22-13-20-54)56(33(2)3)34(4)5)28-40(27-35)62-25-24-61-23-21-55-47(57)37-14-17-41-44(29-37)53(68-48(41)58)42-18-15-38(65-49(59)51(6,7)8)30-45(42)67-46-31-39(16-19-43(46)53)66-50(60)52(9,10)11;1-8-26-19-27(25-46)21-31(20-26)52-18-17-51-16-15-45-38(47)28-9-12-32-35(22-28)44(56-39(32)48)33-13-10-29(53-40(49)42(2,3)4)23-36(33)55-37-24-30(11-14-34(37)44)54-41(50)43(5,6)7;1-12(2)17(13(3)4)20(19-11-9-10-16)18(14(5)6)15(7)8/h14-19,26-31,33-34H,12-13,21-25,32H2,1-11H3,(H,55,57);9-14,19-24,46H,8,15-18,25H2,1-7H3,(H,45,47);12-15H,9,11H2,1-8H3. The first kappa shape index (κ1) is 115. The van der Waals surface area contributed by atoms with E-state index in [0.717, 1.165) is 35.1 Å². The van der Waals surface area contributed by atoms with Crippen molar-refractivity contribution in [2.75, 3.05) is 65.9 Å². The third-order valence-electron chi connectivity index (χ3n) is 23.4. The van der Waals surface area contributed by atoms with Crippen LogP contribution in [0.5, 0.6) is 57.5 Å². The highest BCUT2D eigenvalue weighted by Crippen LogP contribution is 2.60. The quantitative estimate of drug-likeness (QED) is 0.0139. The number of amides is 2. The highest BCUT2D eigenvalue weighted by molar-refractivity contribution is 7.47. The molecule has 2 spiro atoms. The van der Waals surface area contributed by atoms with E-state index >= 15 is 0 Å². The zero-order valence-electron chi connectivity index (χ0n) is 88.6. The summed E-state index contributed by atoms with van der Waals surface area (Å²) >= 11 is 0. The largest absolute Gasteiger partial charge is 0.491 e. The second-order valence-electron chi connectivity index (χ2n) is 41.3. The lowest BCUT2D eigenvalue weighted by molar-refractivity contribution is -0.143. The number of benzene rings is 8. The van der Waals surface area contributed by atoms with E-state index in [1.807, 2.05) is 31.2 Å². The van der Waals surface area contributed by atoms with Crippen molar-refractivity contribution in [3.8, 4) is 69.6 Å². The van der Waals surface area contributed by atoms with Crippen LogP contribution in [-0.2, 0) is 89.0 Å². The van der Waals surface area contributed by atoms with Crippen LogP contribution in [0, 0.1) is 44.3 Å². The molecule has 31 nitrogen and oxygen atoms in total. The second-order valence-corrected chi connectivity index (χ2v) is 44.4. The summed E-state index contributed by atoms with van der Waals surface area (Å²) < 4.78 is 97.2. The zero-order valence-corrected chi connectivity index (χ0v) is 90.4. The number of nitriles is 2. The van der Waals surface area contributed by atoms with E-state index in [1.54, 1.807) is 198 Å². The summed E-state index contributed by atoms with van der Waals surface area (Å²) in [6.07, 6.45) is 2.35. The Kier molecular flexibility index (Phi) is 40.1. The van der Waals surface area contributed by atoms with Gasteiger partial charge in [-0.2, -0.15) is 10.5 Å². The highest BCUT2D eigenvalue weighted by atomic mass is 31.2. The molecule has 8 aromatic rings. The van der Waals surface area contributed by atoms with Gasteiger partial charge in [0.1, 0.15) is 70.7 Å². The molecule has 2 amide bonds. The van der Waals surface area contributed by atoms with E-state index in [0.29, 0.717) is 102 Å². The number of nitrogens with zero attached hydrogens (tertiary/aromatic N) is 5. The van der Waals surface area contributed by atoms with Gasteiger partial charge in [-0.3, -0.25) is 28.8 Å². The molecule has 780 valence electrons. The molecular weight excluding hydrogens is 1890 g/mol. The maximum Gasteiger partial charge on any atom is 0.340 e. The number of aryl methyl sites for hydroxylation is 2. The molecule has 0 aromatic heterocycles. The summed E-state index contributed by atoms with van der Waals surface area (Å²) in [5, 5.41) is 33.1. The number of hydrogen-bond acceptors (Lipinski definition) is 29. The van der Waals surface area contributed by atoms with Crippen LogP contribution in [0.3, 0.4) is 0 Å². The predicted molar refractivity (Wildman–Crippen MR) is 552 cm³/mol. The van der Waals surface area contributed by atoms with Gasteiger partial charge in [-0.25, -0.2) is 23.6 Å². The molecule has 0 bridgehead atoms. The van der Waals surface area contributed by atoms with Gasteiger partial charge in [0.25, 0.3) is 20.3 Å². The van der Waals surface area contributed by atoms with E-state index < -0.39 is 97.5 Å². The minimum absolute atomic E-state index is 0.0709. The number of carbonyl (C=O) groups excluding carboxylic acids is 8. The minimum atomic E-state index is -1.59. The summed E-state index contributed by atoms with van der Waals surface area (Å²) in [7, 11) is -2.24. The first-order valence-corrected chi connectivity index (χ1v) is 51.7. The third-order valence-corrected chi connectivity index (χ3v) is 28.5. The van der Waals surface area contributed by atoms with E-state index in [2.05, 4.69) is 133 Å². The van der Waals surface area contributed by atoms with Crippen LogP contribution >= 0.6 is 17.0 Å². The average Bonchev–Trinajstić information content (AvgIpc) is 1.60. The van der Waals surface area contributed by atoms with Gasteiger partial charge in [0, 0.05) is 118 Å². The van der Waals surface area contributed by atoms with Crippen LogP contribution in [0.4, 0.5) is 0 Å². The van der Waals surface area contributed by atoms with E-state index in [-0.39, 0.29) is 139 Å². The Morgan fingerprint density at radius 1 is 0.379 bits per heavy atom. The number of esters is 6. The topological polar surface area (TPSA) is 377 Å². The lowest BCUT2D eigenvalue weighted by atomic mass is 9.77. The van der Waals surface area contributed by atoms with Crippen molar-refractivity contribution in [2.45, 2.75) is 266 Å². The van der Waals surface area contributed by atoms with E-state index in [4.69, 9.17) is 80.9 Å². The lowest BCUT2D eigenvalue weighted by Crippen LogP contribution is -2.43. The Labute approximate surface area is 856 Å². The first-order chi connectivity index (χ1) is 68.4. The van der Waals surface area contributed by atoms with Crippen LogP contribution in [0.2, 0.25) is 0 Å². The van der Waals surface area contributed by atoms with Gasteiger partial charge in [0.2, 0.25) is 0 Å². The Hall–Kier alpha value is -11.8. The molecule has 12 rings (SSSR count). The normalized spacial score (nSPS) is 13.8. The number of carbonyl (C=O) groups is 8. The molecular formula is C112H143N7O24P2. The second kappa shape index (κ2) is 50.5. The fourth-order valence-electron chi connectivity index (χ4n) is 16.3. The molecule has 33 heteroatoms. The van der Waals surface area contributed by atoms with Crippen molar-refractivity contribution in [1.82, 2.24) is 24.6 Å². The Morgan fingerprint density at radius 3 is 1.02 bits per heavy atom. The van der Waals surface area contributed by atoms with E-state index in [9.17, 15) is 43.5 Å². The fourth-order valence-corrected chi connectivity index (χ4v) is 20.3. The van der Waals surface area contributed by atoms with Crippen LogP contribution < -0.4 is 48.5 Å². The number of rotatable bonds is 41. The molecule has 0 radical (unpaired) electrons. The number of hydrogen-bond donors (Lipinski definition) is 3. The minimum Gasteiger partial charge on any atom is -0.491 e. The number of aliphatic hydroxyl groups excluding tert-OH is 1. The number of ether oxygens (including phenoxy) is 12. The molecule has 3 N–H and O–H groups in total. The first-order valence-electron chi connectivity index (χ1n) is 49.4. The van der Waals surface area contributed by atoms with Crippen LogP contribution in [0.25, 0.3) is 0 Å². The highest BCUT2D eigenvalue weighted by Gasteiger charge is 2.56.